The van der Waals surface area contributed by atoms with Crippen LogP contribution in [0.2, 0.25) is 0 Å². The first kappa shape index (κ1) is 27.2. The second kappa shape index (κ2) is 9.80. The summed E-state index contributed by atoms with van der Waals surface area (Å²) in [5.41, 5.74) is -3.43. The van der Waals surface area contributed by atoms with Gasteiger partial charge in [-0.15, -0.1) is 0 Å². The molecule has 12 heteroatoms. The number of nitrogens with zero attached hydrogens (tertiary/aromatic N) is 1. The molecule has 0 aliphatic carbocycles. The van der Waals surface area contributed by atoms with Gasteiger partial charge in [0.25, 0.3) is 0 Å². The van der Waals surface area contributed by atoms with Crippen molar-refractivity contribution in [2.75, 3.05) is 0 Å². The molecule has 1 heterocycles. The molecule has 0 aliphatic heterocycles. The van der Waals surface area contributed by atoms with Crippen LogP contribution in [0.5, 0.6) is 5.75 Å². The van der Waals surface area contributed by atoms with Crippen LogP contribution in [-0.2, 0) is 18.7 Å². The number of aromatic nitrogens is 1. The van der Waals surface area contributed by atoms with Gasteiger partial charge in [0, 0.05) is 23.9 Å². The molecule has 0 fully saturated rings. The molecule has 4 rings (SSSR count). The topological polar surface area (TPSA) is 22.1 Å². The van der Waals surface area contributed by atoms with Crippen molar-refractivity contribution in [1.82, 2.24) is 4.98 Å². The van der Waals surface area contributed by atoms with Gasteiger partial charge in [0.2, 0.25) is 0 Å². The largest absolute Gasteiger partial charge is 0.429 e. The zero-order chi connectivity index (χ0) is 28.0. The molecule has 200 valence electrons. The molecule has 0 bridgehead atoms. The molecule has 0 aliphatic rings. The molecule has 0 amide bonds. The zero-order valence-electron chi connectivity index (χ0n) is 19.2. The van der Waals surface area contributed by atoms with Crippen molar-refractivity contribution >= 4 is 10.8 Å². The first-order chi connectivity index (χ1) is 17.7. The number of hydrogen-bond donors (Lipinski definition) is 0. The summed E-state index contributed by atoms with van der Waals surface area (Å²) >= 11 is 0. The molecule has 0 N–H and O–H groups in total. The van der Waals surface area contributed by atoms with E-state index < -0.39 is 69.0 Å². The summed E-state index contributed by atoms with van der Waals surface area (Å²) in [5.74, 6) is -11.5. The molecule has 38 heavy (non-hydrogen) atoms. The molecule has 0 radical (unpaired) electrons. The highest BCUT2D eigenvalue weighted by Crippen LogP contribution is 2.41. The van der Waals surface area contributed by atoms with Crippen LogP contribution >= 0.6 is 0 Å². The van der Waals surface area contributed by atoms with E-state index in [-0.39, 0.29) is 23.4 Å². The molecular formula is C26H15F10NO. The molecule has 0 atom stereocenters. The predicted molar refractivity (Wildman–Crippen MR) is 117 cm³/mol. The van der Waals surface area contributed by atoms with Gasteiger partial charge in [0.15, 0.2) is 11.6 Å². The van der Waals surface area contributed by atoms with E-state index in [4.69, 9.17) is 0 Å². The van der Waals surface area contributed by atoms with Crippen LogP contribution < -0.4 is 4.74 Å². The lowest BCUT2D eigenvalue weighted by atomic mass is 9.99. The summed E-state index contributed by atoms with van der Waals surface area (Å²) in [5, 5.41) is -1.48. The van der Waals surface area contributed by atoms with Crippen LogP contribution in [0.25, 0.3) is 22.0 Å². The summed E-state index contributed by atoms with van der Waals surface area (Å²) in [4.78, 5) is 4.10. The monoisotopic (exact) mass is 547 g/mol. The minimum Gasteiger partial charge on any atom is -0.429 e. The van der Waals surface area contributed by atoms with E-state index >= 15 is 4.39 Å². The maximum absolute atomic E-state index is 15.2. The van der Waals surface area contributed by atoms with E-state index in [1.807, 2.05) is 6.92 Å². The van der Waals surface area contributed by atoms with Crippen LogP contribution in [0.15, 0.2) is 48.7 Å². The van der Waals surface area contributed by atoms with Gasteiger partial charge in [-0.2, -0.15) is 22.0 Å². The summed E-state index contributed by atoms with van der Waals surface area (Å²) in [6.07, 6.45) is -7.29. The highest BCUT2D eigenvalue weighted by Gasteiger charge is 2.42. The van der Waals surface area contributed by atoms with Crippen LogP contribution in [0.4, 0.5) is 43.9 Å². The Morgan fingerprint density at radius 1 is 0.789 bits per heavy atom. The van der Waals surface area contributed by atoms with Gasteiger partial charge in [-0.25, -0.2) is 22.0 Å². The maximum Gasteiger partial charge on any atom is 0.429 e. The van der Waals surface area contributed by atoms with Gasteiger partial charge in [-0.1, -0.05) is 25.5 Å². The highest BCUT2D eigenvalue weighted by molar-refractivity contribution is 5.89. The summed E-state index contributed by atoms with van der Waals surface area (Å²) in [6, 6.07) is 5.26. The fraction of sp³-hybridized carbons (Fsp3) is 0.192. The average Bonchev–Trinajstić information content (AvgIpc) is 2.80. The summed E-state index contributed by atoms with van der Waals surface area (Å²) < 4.78 is 144. The highest BCUT2D eigenvalue weighted by atomic mass is 19.4. The number of aryl methyl sites for hydroxylation is 1. The normalized spacial score (nSPS) is 12.3. The van der Waals surface area contributed by atoms with Gasteiger partial charge in [0.1, 0.15) is 34.3 Å². The molecule has 0 saturated heterocycles. The molecule has 1 aromatic heterocycles. The summed E-state index contributed by atoms with van der Waals surface area (Å²) in [7, 11) is 0. The van der Waals surface area contributed by atoms with Gasteiger partial charge in [0.05, 0.1) is 11.1 Å². The lowest BCUT2D eigenvalue weighted by Crippen LogP contribution is -2.24. The number of rotatable bonds is 6. The minimum absolute atomic E-state index is 0.0770. The molecule has 0 unspecified atom stereocenters. The Labute approximate surface area is 208 Å². The molecule has 0 spiro atoms. The Morgan fingerprint density at radius 3 is 2.00 bits per heavy atom. The number of hydrogen-bond acceptors (Lipinski definition) is 2. The Bertz CT molecular complexity index is 1490. The first-order valence-electron chi connectivity index (χ1n) is 10.9. The Morgan fingerprint density at radius 2 is 1.45 bits per heavy atom. The van der Waals surface area contributed by atoms with Crippen LogP contribution in [0.3, 0.4) is 0 Å². The van der Waals surface area contributed by atoms with Crippen LogP contribution in [-0.4, -0.2) is 4.98 Å². The fourth-order valence-corrected chi connectivity index (χ4v) is 3.89. The first-order valence-corrected chi connectivity index (χ1v) is 10.9. The molecule has 3 aromatic carbocycles. The number of alkyl halides is 5. The van der Waals surface area contributed by atoms with E-state index in [1.165, 1.54) is 12.3 Å². The van der Waals surface area contributed by atoms with Gasteiger partial charge in [-0.3, -0.25) is 4.98 Å². The van der Waals surface area contributed by atoms with Crippen LogP contribution in [0.1, 0.15) is 30.0 Å². The summed E-state index contributed by atoms with van der Waals surface area (Å²) in [6.45, 7) is 1.94. The number of fused-ring (bicyclic) bond motifs is 1. The van der Waals surface area contributed by atoms with Gasteiger partial charge >= 0.3 is 12.3 Å². The number of halogens is 10. The third-order valence-corrected chi connectivity index (χ3v) is 5.62. The molecule has 4 aromatic rings. The molecule has 2 nitrogen and oxygen atoms in total. The molecule has 0 saturated carbocycles. The van der Waals surface area contributed by atoms with E-state index in [2.05, 4.69) is 9.72 Å². The quantitative estimate of drug-likeness (QED) is 0.225. The predicted octanol–water partition coefficient (Wildman–Crippen LogP) is 8.70. The smallest absolute Gasteiger partial charge is 0.429 e. The van der Waals surface area contributed by atoms with E-state index in [0.717, 1.165) is 24.1 Å². The Hall–Kier alpha value is -3.83. The van der Waals surface area contributed by atoms with Crippen molar-refractivity contribution in [3.05, 3.63) is 94.4 Å². The Balaban J connectivity index is 1.75. The molecular weight excluding hydrogens is 532 g/mol. The second-order valence-corrected chi connectivity index (χ2v) is 8.26. The third kappa shape index (κ3) is 4.99. The Kier molecular flexibility index (Phi) is 7.02. The maximum atomic E-state index is 15.2. The average molecular weight is 547 g/mol. The van der Waals surface area contributed by atoms with Crippen LogP contribution in [0, 0.1) is 29.1 Å². The lowest BCUT2D eigenvalue weighted by molar-refractivity contribution is -0.187. The number of ether oxygens (including phenoxy) is 1. The minimum atomic E-state index is -5.47. The van der Waals surface area contributed by atoms with Crippen molar-refractivity contribution in [3.8, 4) is 17.0 Å². The van der Waals surface area contributed by atoms with E-state index in [9.17, 15) is 39.5 Å². The zero-order valence-corrected chi connectivity index (χ0v) is 19.2. The fourth-order valence-electron chi connectivity index (χ4n) is 3.89. The van der Waals surface area contributed by atoms with Crippen molar-refractivity contribution in [2.45, 2.75) is 32.1 Å². The standard InChI is InChI=1S/C26H15F10NO/c1-2-3-12-4-7-19(37-11-12)15-6-5-13-8-16(23(30)24(31)20(13)22(15)29)26(35,36)38-14-9-17(27)21(18(28)10-14)25(32,33)34/h4-11H,2-3H2,1H3. The van der Waals surface area contributed by atoms with Crippen molar-refractivity contribution in [2.24, 2.45) is 0 Å². The van der Waals surface area contributed by atoms with Gasteiger partial charge < -0.3 is 4.74 Å². The number of pyridine rings is 1. The van der Waals surface area contributed by atoms with Crippen molar-refractivity contribution in [3.63, 3.8) is 0 Å². The number of benzene rings is 3. The van der Waals surface area contributed by atoms with E-state index in [0.29, 0.717) is 12.5 Å². The van der Waals surface area contributed by atoms with Gasteiger partial charge in [-0.05, 0) is 35.6 Å². The third-order valence-electron chi connectivity index (χ3n) is 5.62. The van der Waals surface area contributed by atoms with E-state index in [1.54, 1.807) is 6.07 Å². The second-order valence-electron chi connectivity index (χ2n) is 8.26. The SMILES string of the molecule is CCCc1ccc(-c2ccc3cc(C(F)(F)Oc4cc(F)c(C(F)(F)F)c(F)c4)c(F)c(F)c3c2F)nc1. The van der Waals surface area contributed by atoms with Crippen molar-refractivity contribution < 1.29 is 48.6 Å². The lowest BCUT2D eigenvalue weighted by Gasteiger charge is -2.21. The van der Waals surface area contributed by atoms with Crippen molar-refractivity contribution in [1.29, 1.82) is 0 Å².